The van der Waals surface area contributed by atoms with E-state index in [2.05, 4.69) is 6.07 Å². The molecular weight excluding hydrogens is 288 g/mol. The first-order valence-electron chi connectivity index (χ1n) is 6.95. The second kappa shape index (κ2) is 7.05. The van der Waals surface area contributed by atoms with Crippen molar-refractivity contribution in [2.24, 2.45) is 5.73 Å². The fourth-order valence-corrected chi connectivity index (χ4v) is 3.42. The average molecular weight is 307 g/mol. The molecule has 21 heavy (non-hydrogen) atoms. The molecule has 0 bridgehead atoms. The summed E-state index contributed by atoms with van der Waals surface area (Å²) in [7, 11) is 0. The predicted molar refractivity (Wildman–Crippen MR) is 84.4 cm³/mol. The van der Waals surface area contributed by atoms with Crippen molar-refractivity contribution < 1.29 is 8.78 Å². The van der Waals surface area contributed by atoms with Crippen molar-refractivity contribution in [1.29, 1.82) is 0 Å². The monoisotopic (exact) mass is 307 g/mol. The number of aryl methyl sites for hydroxylation is 1. The fourth-order valence-electron chi connectivity index (χ4n) is 2.16. The smallest absolute Gasteiger partial charge is 0.159 e. The lowest BCUT2D eigenvalue weighted by atomic mass is 10.0. The van der Waals surface area contributed by atoms with Gasteiger partial charge in [0, 0.05) is 16.2 Å². The van der Waals surface area contributed by atoms with E-state index in [0.717, 1.165) is 23.6 Å². The van der Waals surface area contributed by atoms with Gasteiger partial charge >= 0.3 is 0 Å². The van der Waals surface area contributed by atoms with Gasteiger partial charge in [-0.1, -0.05) is 36.8 Å². The highest BCUT2D eigenvalue weighted by Gasteiger charge is 2.20. The van der Waals surface area contributed by atoms with E-state index in [-0.39, 0.29) is 11.3 Å². The molecule has 2 rings (SSSR count). The second-order valence-electron chi connectivity index (χ2n) is 5.10. The molecule has 0 aliphatic rings. The average Bonchev–Trinajstić information content (AvgIpc) is 2.47. The number of nitrogens with two attached hydrogens (primary N) is 1. The van der Waals surface area contributed by atoms with Crippen LogP contribution in [-0.2, 0) is 0 Å². The minimum absolute atomic E-state index is 0.0137. The van der Waals surface area contributed by atoms with Gasteiger partial charge in [-0.15, -0.1) is 11.8 Å². The van der Waals surface area contributed by atoms with Gasteiger partial charge < -0.3 is 5.73 Å². The van der Waals surface area contributed by atoms with Crippen LogP contribution in [0.3, 0.4) is 0 Å². The Balaban J connectivity index is 2.30. The molecule has 0 saturated carbocycles. The first kappa shape index (κ1) is 16.0. The van der Waals surface area contributed by atoms with Crippen molar-refractivity contribution in [2.75, 3.05) is 0 Å². The number of halogens is 2. The molecule has 4 heteroatoms. The third-order valence-electron chi connectivity index (χ3n) is 3.39. The summed E-state index contributed by atoms with van der Waals surface area (Å²) in [6.07, 6.45) is 0.815. The third kappa shape index (κ3) is 4.05. The summed E-state index contributed by atoms with van der Waals surface area (Å²) in [5.41, 5.74) is 8.50. The van der Waals surface area contributed by atoms with Crippen LogP contribution in [0.1, 0.15) is 29.7 Å². The Kier molecular flexibility index (Phi) is 5.37. The maximum Gasteiger partial charge on any atom is 0.159 e. The molecule has 1 nitrogen and oxygen atoms in total. The lowest BCUT2D eigenvalue weighted by Gasteiger charge is -2.23. The largest absolute Gasteiger partial charge is 0.326 e. The van der Waals surface area contributed by atoms with Crippen molar-refractivity contribution in [3.05, 3.63) is 65.2 Å². The van der Waals surface area contributed by atoms with E-state index in [1.54, 1.807) is 6.07 Å². The van der Waals surface area contributed by atoms with E-state index in [9.17, 15) is 8.78 Å². The Morgan fingerprint density at radius 1 is 1.10 bits per heavy atom. The zero-order valence-electron chi connectivity index (χ0n) is 12.1. The molecule has 2 unspecified atom stereocenters. The summed E-state index contributed by atoms with van der Waals surface area (Å²) in [6, 6.07) is 12.1. The van der Waals surface area contributed by atoms with E-state index in [1.165, 1.54) is 17.8 Å². The van der Waals surface area contributed by atoms with E-state index in [0.29, 0.717) is 4.90 Å². The summed E-state index contributed by atoms with van der Waals surface area (Å²) in [4.78, 5) is 0.685. The molecule has 0 aliphatic heterocycles. The number of thioether (sulfide) groups is 1. The molecule has 112 valence electrons. The van der Waals surface area contributed by atoms with Gasteiger partial charge in [-0.2, -0.15) is 0 Å². The molecule has 2 aromatic carbocycles. The Bertz CT molecular complexity index is 615. The van der Waals surface area contributed by atoms with Gasteiger partial charge in [0.1, 0.15) is 0 Å². The van der Waals surface area contributed by atoms with E-state index in [1.807, 2.05) is 32.0 Å². The van der Waals surface area contributed by atoms with Crippen molar-refractivity contribution in [2.45, 2.75) is 36.5 Å². The highest BCUT2D eigenvalue weighted by Crippen LogP contribution is 2.38. The molecule has 2 aromatic rings. The highest BCUT2D eigenvalue weighted by molar-refractivity contribution is 7.99. The van der Waals surface area contributed by atoms with Gasteiger partial charge in [0.25, 0.3) is 0 Å². The van der Waals surface area contributed by atoms with Gasteiger partial charge in [0.2, 0.25) is 0 Å². The van der Waals surface area contributed by atoms with Crippen molar-refractivity contribution in [3.8, 4) is 0 Å². The Morgan fingerprint density at radius 3 is 2.48 bits per heavy atom. The Labute approximate surface area is 128 Å². The summed E-state index contributed by atoms with van der Waals surface area (Å²) in [5.74, 6) is -1.65. The van der Waals surface area contributed by atoms with Crippen LogP contribution in [0.15, 0.2) is 47.4 Å². The number of hydrogen-bond donors (Lipinski definition) is 1. The molecule has 0 aliphatic carbocycles. The minimum Gasteiger partial charge on any atom is -0.326 e. The van der Waals surface area contributed by atoms with Crippen LogP contribution >= 0.6 is 11.8 Å². The molecule has 0 fully saturated rings. The minimum atomic E-state index is -0.828. The molecule has 0 saturated heterocycles. The van der Waals surface area contributed by atoms with Gasteiger partial charge in [-0.3, -0.25) is 0 Å². The van der Waals surface area contributed by atoms with Crippen molar-refractivity contribution in [1.82, 2.24) is 0 Å². The number of rotatable bonds is 5. The second-order valence-corrected chi connectivity index (χ2v) is 6.32. The van der Waals surface area contributed by atoms with Crippen molar-refractivity contribution >= 4 is 11.8 Å². The Morgan fingerprint density at radius 2 is 1.86 bits per heavy atom. The first-order chi connectivity index (χ1) is 10.0. The van der Waals surface area contributed by atoms with Crippen LogP contribution < -0.4 is 5.73 Å². The fraction of sp³-hybridized carbons (Fsp3) is 0.294. The number of benzene rings is 2. The molecule has 0 amide bonds. The van der Waals surface area contributed by atoms with Gasteiger partial charge in [-0.05, 0) is 37.1 Å². The van der Waals surface area contributed by atoms with Gasteiger partial charge in [-0.25, -0.2) is 8.78 Å². The normalized spacial score (nSPS) is 14.0. The highest BCUT2D eigenvalue weighted by atomic mass is 32.2. The number of hydrogen-bond acceptors (Lipinski definition) is 2. The maximum atomic E-state index is 13.4. The van der Waals surface area contributed by atoms with E-state index in [4.69, 9.17) is 5.73 Å². The molecule has 0 heterocycles. The van der Waals surface area contributed by atoms with Gasteiger partial charge in [0.05, 0.1) is 0 Å². The van der Waals surface area contributed by atoms with E-state index < -0.39 is 11.6 Å². The molecular formula is C17H19F2NS. The van der Waals surface area contributed by atoms with Crippen LogP contribution in [0.4, 0.5) is 8.78 Å². The summed E-state index contributed by atoms with van der Waals surface area (Å²) in [5, 5.41) is 0.0137. The van der Waals surface area contributed by atoms with Crippen LogP contribution in [0.5, 0.6) is 0 Å². The molecule has 0 aromatic heterocycles. The first-order valence-corrected chi connectivity index (χ1v) is 7.83. The van der Waals surface area contributed by atoms with Crippen LogP contribution in [0.25, 0.3) is 0 Å². The van der Waals surface area contributed by atoms with E-state index >= 15 is 0 Å². The van der Waals surface area contributed by atoms with Crippen LogP contribution in [0, 0.1) is 18.6 Å². The van der Waals surface area contributed by atoms with Crippen molar-refractivity contribution in [3.63, 3.8) is 0 Å². The lowest BCUT2D eigenvalue weighted by Crippen LogP contribution is -2.25. The zero-order valence-corrected chi connectivity index (χ0v) is 13.0. The SMILES string of the molecule is CCC(N)C(Sc1ccc(F)c(F)c1)c1cccc(C)c1. The summed E-state index contributed by atoms with van der Waals surface area (Å²) < 4.78 is 26.4. The zero-order chi connectivity index (χ0) is 15.4. The van der Waals surface area contributed by atoms with Crippen LogP contribution in [-0.4, -0.2) is 6.04 Å². The van der Waals surface area contributed by atoms with Crippen LogP contribution in [0.2, 0.25) is 0 Å². The third-order valence-corrected chi connectivity index (χ3v) is 4.79. The summed E-state index contributed by atoms with van der Waals surface area (Å²) in [6.45, 7) is 4.06. The summed E-state index contributed by atoms with van der Waals surface area (Å²) >= 11 is 1.47. The predicted octanol–water partition coefficient (Wildman–Crippen LogP) is 4.84. The molecule has 2 atom stereocenters. The van der Waals surface area contributed by atoms with Gasteiger partial charge in [0.15, 0.2) is 11.6 Å². The Hall–Kier alpha value is -1.39. The quantitative estimate of drug-likeness (QED) is 0.800. The molecule has 0 spiro atoms. The maximum absolute atomic E-state index is 13.4. The standard InChI is InChI=1S/C17H19F2NS/c1-3-16(20)17(12-6-4-5-11(2)9-12)21-13-7-8-14(18)15(19)10-13/h4-10,16-17H,3,20H2,1-2H3. The molecule has 2 N–H and O–H groups in total. The molecule has 0 radical (unpaired) electrons. The lowest BCUT2D eigenvalue weighted by molar-refractivity contribution is 0.506. The topological polar surface area (TPSA) is 26.0 Å².